The maximum Gasteiger partial charge on any atom is 0.341 e. The molecule has 15 heavy (non-hydrogen) atoms. The normalized spacial score (nSPS) is 10.3. The van der Waals surface area contributed by atoms with E-state index in [4.69, 9.17) is 9.84 Å². The molecule has 1 heterocycles. The number of hydrogen-bond acceptors (Lipinski definition) is 3. The van der Waals surface area contributed by atoms with Crippen molar-refractivity contribution in [3.8, 4) is 0 Å². The maximum atomic E-state index is 11.4. The van der Waals surface area contributed by atoms with Crippen LogP contribution in [-0.2, 0) is 11.3 Å². The van der Waals surface area contributed by atoms with E-state index in [1.165, 1.54) is 0 Å². The second-order valence-corrected chi connectivity index (χ2v) is 3.12. The van der Waals surface area contributed by atoms with Crippen LogP contribution in [0, 0.1) is 6.92 Å². The van der Waals surface area contributed by atoms with Crippen LogP contribution in [0.3, 0.4) is 0 Å². The fraction of sp³-hybridized carbons (Fsp3) is 0.400. The first-order valence-electron chi connectivity index (χ1n) is 4.60. The quantitative estimate of drug-likeness (QED) is 0.776. The van der Waals surface area contributed by atoms with Crippen LogP contribution in [0.15, 0.2) is 10.9 Å². The molecule has 0 aromatic carbocycles. The summed E-state index contributed by atoms with van der Waals surface area (Å²) in [4.78, 5) is 24.7. The minimum Gasteiger partial charge on any atom is -0.477 e. The van der Waals surface area contributed by atoms with E-state index in [9.17, 15) is 9.59 Å². The summed E-state index contributed by atoms with van der Waals surface area (Å²) in [6, 6.07) is 1.61. The number of carboxylic acids is 1. The molecule has 2 N–H and O–H groups in total. The molecule has 0 saturated carbocycles. The minimum atomic E-state index is -1.23. The van der Waals surface area contributed by atoms with Crippen molar-refractivity contribution in [1.82, 2.24) is 4.98 Å². The second-order valence-electron chi connectivity index (χ2n) is 3.12. The molecule has 0 amide bonds. The smallest absolute Gasteiger partial charge is 0.341 e. The number of ether oxygens (including phenoxy) is 1. The van der Waals surface area contributed by atoms with Gasteiger partial charge in [-0.1, -0.05) is 0 Å². The first kappa shape index (κ1) is 11.5. The Morgan fingerprint density at radius 3 is 2.80 bits per heavy atom. The summed E-state index contributed by atoms with van der Waals surface area (Å²) in [7, 11) is 0. The van der Waals surface area contributed by atoms with Gasteiger partial charge in [-0.15, -0.1) is 0 Å². The molecule has 1 aromatic rings. The SMILES string of the molecule is CCOCc1cc(C)[nH]c(=O)c1C(=O)O. The third-order valence-electron chi connectivity index (χ3n) is 1.93. The molecule has 82 valence electrons. The van der Waals surface area contributed by atoms with Gasteiger partial charge in [0.2, 0.25) is 0 Å². The van der Waals surface area contributed by atoms with Crippen LogP contribution in [0.2, 0.25) is 0 Å². The molecule has 0 aliphatic carbocycles. The Bertz CT molecular complexity index is 422. The van der Waals surface area contributed by atoms with Gasteiger partial charge in [-0.3, -0.25) is 4.79 Å². The van der Waals surface area contributed by atoms with E-state index in [1.54, 1.807) is 19.9 Å². The van der Waals surface area contributed by atoms with Crippen molar-refractivity contribution in [2.45, 2.75) is 20.5 Å². The Balaban J connectivity index is 3.21. The largest absolute Gasteiger partial charge is 0.477 e. The van der Waals surface area contributed by atoms with Crippen LogP contribution in [-0.4, -0.2) is 22.7 Å². The van der Waals surface area contributed by atoms with Crippen molar-refractivity contribution in [2.24, 2.45) is 0 Å². The Hall–Kier alpha value is -1.62. The summed E-state index contributed by atoms with van der Waals surface area (Å²) in [6.07, 6.45) is 0. The van der Waals surface area contributed by atoms with E-state index >= 15 is 0 Å². The van der Waals surface area contributed by atoms with E-state index in [-0.39, 0.29) is 12.2 Å². The first-order valence-corrected chi connectivity index (χ1v) is 4.60. The van der Waals surface area contributed by atoms with Crippen LogP contribution in [0.4, 0.5) is 0 Å². The molecule has 0 fully saturated rings. The molecule has 0 bridgehead atoms. The molecule has 0 saturated heterocycles. The number of carbonyl (C=O) groups is 1. The highest BCUT2D eigenvalue weighted by atomic mass is 16.5. The zero-order valence-corrected chi connectivity index (χ0v) is 8.66. The molecule has 0 spiro atoms. The lowest BCUT2D eigenvalue weighted by Crippen LogP contribution is -2.21. The van der Waals surface area contributed by atoms with E-state index in [0.717, 1.165) is 0 Å². The third kappa shape index (κ3) is 2.66. The average molecular weight is 211 g/mol. The predicted molar refractivity (Wildman–Crippen MR) is 54.1 cm³/mol. The molecule has 0 atom stereocenters. The fourth-order valence-electron chi connectivity index (χ4n) is 1.32. The summed E-state index contributed by atoms with van der Waals surface area (Å²) in [6.45, 7) is 4.12. The molecule has 1 rings (SSSR count). The van der Waals surface area contributed by atoms with Crippen molar-refractivity contribution >= 4 is 5.97 Å². The Morgan fingerprint density at radius 2 is 2.27 bits per heavy atom. The fourth-order valence-corrected chi connectivity index (χ4v) is 1.32. The summed E-state index contributed by atoms with van der Waals surface area (Å²) >= 11 is 0. The van der Waals surface area contributed by atoms with Gasteiger partial charge in [0.1, 0.15) is 5.56 Å². The van der Waals surface area contributed by atoms with Gasteiger partial charge in [-0.25, -0.2) is 4.79 Å². The molecule has 0 aliphatic heterocycles. The van der Waals surface area contributed by atoms with Crippen LogP contribution >= 0.6 is 0 Å². The maximum absolute atomic E-state index is 11.4. The number of aromatic carboxylic acids is 1. The highest BCUT2D eigenvalue weighted by molar-refractivity contribution is 5.88. The molecule has 5 nitrogen and oxygen atoms in total. The highest BCUT2D eigenvalue weighted by Crippen LogP contribution is 2.07. The molecule has 1 aromatic heterocycles. The van der Waals surface area contributed by atoms with Crippen LogP contribution in [0.5, 0.6) is 0 Å². The monoisotopic (exact) mass is 211 g/mol. The van der Waals surface area contributed by atoms with Crippen molar-refractivity contribution in [2.75, 3.05) is 6.61 Å². The van der Waals surface area contributed by atoms with Crippen molar-refractivity contribution in [3.05, 3.63) is 33.2 Å². The van der Waals surface area contributed by atoms with E-state index < -0.39 is 11.5 Å². The van der Waals surface area contributed by atoms with E-state index in [1.807, 2.05) is 0 Å². The Labute approximate surface area is 86.7 Å². The number of pyridine rings is 1. The van der Waals surface area contributed by atoms with E-state index in [0.29, 0.717) is 17.9 Å². The molecular formula is C10H13NO4. The molecule has 0 unspecified atom stereocenters. The van der Waals surface area contributed by atoms with Gasteiger partial charge in [-0.05, 0) is 25.5 Å². The number of H-pyrrole nitrogens is 1. The van der Waals surface area contributed by atoms with Gasteiger partial charge >= 0.3 is 5.97 Å². The zero-order valence-electron chi connectivity index (χ0n) is 8.66. The summed E-state index contributed by atoms with van der Waals surface area (Å²) in [5.41, 5.74) is 0.205. The molecule has 0 aliphatic rings. The third-order valence-corrected chi connectivity index (χ3v) is 1.93. The standard InChI is InChI=1S/C10H13NO4/c1-3-15-5-7-4-6(2)11-9(12)8(7)10(13)14/h4H,3,5H2,1-2H3,(H,11,12)(H,13,14). The first-order chi connectivity index (χ1) is 7.06. The topological polar surface area (TPSA) is 79.4 Å². The van der Waals surface area contributed by atoms with Gasteiger partial charge in [0.15, 0.2) is 0 Å². The van der Waals surface area contributed by atoms with Gasteiger partial charge in [0.05, 0.1) is 6.61 Å². The van der Waals surface area contributed by atoms with Crippen molar-refractivity contribution in [1.29, 1.82) is 0 Å². The second kappa shape index (κ2) is 4.75. The highest BCUT2D eigenvalue weighted by Gasteiger charge is 2.15. The van der Waals surface area contributed by atoms with Crippen molar-refractivity contribution < 1.29 is 14.6 Å². The van der Waals surface area contributed by atoms with Gasteiger partial charge in [0.25, 0.3) is 5.56 Å². The minimum absolute atomic E-state index is 0.142. The summed E-state index contributed by atoms with van der Waals surface area (Å²) in [5, 5.41) is 8.86. The number of hydrogen-bond donors (Lipinski definition) is 2. The van der Waals surface area contributed by atoms with Crippen LogP contribution < -0.4 is 5.56 Å². The number of aromatic amines is 1. The predicted octanol–water partition coefficient (Wildman–Crippen LogP) is 0.918. The molecule has 0 radical (unpaired) electrons. The number of rotatable bonds is 4. The number of nitrogens with one attached hydrogen (secondary N) is 1. The lowest BCUT2D eigenvalue weighted by molar-refractivity contribution is 0.0686. The van der Waals surface area contributed by atoms with Crippen LogP contribution in [0.1, 0.15) is 28.5 Å². The van der Waals surface area contributed by atoms with Crippen LogP contribution in [0.25, 0.3) is 0 Å². The number of aromatic nitrogens is 1. The lowest BCUT2D eigenvalue weighted by atomic mass is 10.1. The van der Waals surface area contributed by atoms with Gasteiger partial charge in [0, 0.05) is 12.3 Å². The van der Waals surface area contributed by atoms with E-state index in [2.05, 4.69) is 4.98 Å². The number of carboxylic acid groups (broad SMARTS) is 1. The van der Waals surface area contributed by atoms with Crippen molar-refractivity contribution in [3.63, 3.8) is 0 Å². The lowest BCUT2D eigenvalue weighted by Gasteiger charge is -2.06. The number of aryl methyl sites for hydroxylation is 1. The molecule has 5 heteroatoms. The Kier molecular flexibility index (Phi) is 3.62. The Morgan fingerprint density at radius 1 is 1.60 bits per heavy atom. The summed E-state index contributed by atoms with van der Waals surface area (Å²) in [5.74, 6) is -1.23. The molecular weight excluding hydrogens is 198 g/mol. The van der Waals surface area contributed by atoms with Gasteiger partial charge < -0.3 is 14.8 Å². The average Bonchev–Trinajstić information content (AvgIpc) is 2.12. The van der Waals surface area contributed by atoms with Gasteiger partial charge in [-0.2, -0.15) is 0 Å². The zero-order chi connectivity index (χ0) is 11.4. The summed E-state index contributed by atoms with van der Waals surface area (Å²) < 4.78 is 5.10.